The molecule has 1 N–H and O–H groups in total. The first-order valence-corrected chi connectivity index (χ1v) is 11.4. The Bertz CT molecular complexity index is 1290. The molecular weight excluding hydrogens is 455 g/mol. The minimum Gasteiger partial charge on any atom is -0.494 e. The summed E-state index contributed by atoms with van der Waals surface area (Å²) < 4.78 is 53.5. The molecule has 0 saturated carbocycles. The highest BCUT2D eigenvalue weighted by molar-refractivity contribution is 7.89. The first-order valence-electron chi connectivity index (χ1n) is 9.93. The Kier molecular flexibility index (Phi) is 6.35. The number of hydrogen-bond donors (Lipinski definition) is 1. The molecule has 1 saturated heterocycles. The molecule has 2 aromatic carbocycles. The molecule has 0 bridgehead atoms. The van der Waals surface area contributed by atoms with E-state index < -0.39 is 27.3 Å². The summed E-state index contributed by atoms with van der Waals surface area (Å²) in [5.74, 6) is -0.716. The molecule has 0 spiro atoms. The lowest BCUT2D eigenvalue weighted by molar-refractivity contribution is 0.0730. The largest absolute Gasteiger partial charge is 0.494 e. The molecule has 0 radical (unpaired) electrons. The van der Waals surface area contributed by atoms with E-state index in [0.29, 0.717) is 22.9 Å². The summed E-state index contributed by atoms with van der Waals surface area (Å²) in [6.07, 6.45) is 0. The van der Waals surface area contributed by atoms with E-state index in [1.54, 1.807) is 25.1 Å². The van der Waals surface area contributed by atoms with Gasteiger partial charge in [-0.05, 0) is 53.7 Å². The molecule has 1 aromatic heterocycles. The van der Waals surface area contributed by atoms with E-state index in [1.165, 1.54) is 16.1 Å². The zero-order valence-corrected chi connectivity index (χ0v) is 18.7. The molecule has 0 aliphatic carbocycles. The van der Waals surface area contributed by atoms with Crippen molar-refractivity contribution in [3.63, 3.8) is 0 Å². The SMILES string of the molecule is COc1ccc(NC(=O)c2cc(S(=O)(=O)N3CCOCC3)ccc2F)cc1-n1nnnc1C. The monoisotopic (exact) mass is 476 g/mol. The van der Waals surface area contributed by atoms with Gasteiger partial charge in [-0.1, -0.05) is 0 Å². The van der Waals surface area contributed by atoms with Gasteiger partial charge in [-0.3, -0.25) is 4.79 Å². The van der Waals surface area contributed by atoms with E-state index in [9.17, 15) is 17.6 Å². The number of hydrogen-bond acceptors (Lipinski definition) is 8. The van der Waals surface area contributed by atoms with Crippen LogP contribution < -0.4 is 10.1 Å². The van der Waals surface area contributed by atoms with E-state index in [-0.39, 0.29) is 31.2 Å². The Morgan fingerprint density at radius 2 is 1.94 bits per heavy atom. The molecule has 11 nitrogen and oxygen atoms in total. The average molecular weight is 476 g/mol. The summed E-state index contributed by atoms with van der Waals surface area (Å²) in [5.41, 5.74) is 0.369. The number of halogens is 1. The number of aromatic nitrogens is 4. The van der Waals surface area contributed by atoms with Crippen LogP contribution in [-0.4, -0.2) is 72.3 Å². The Labute approximate surface area is 189 Å². The number of carbonyl (C=O) groups excluding carboxylic acids is 1. The van der Waals surface area contributed by atoms with Crippen LogP contribution in [0.3, 0.4) is 0 Å². The highest BCUT2D eigenvalue weighted by Crippen LogP contribution is 2.27. The number of sulfonamides is 1. The van der Waals surface area contributed by atoms with Crippen molar-refractivity contribution in [2.75, 3.05) is 38.7 Å². The van der Waals surface area contributed by atoms with Crippen molar-refractivity contribution in [3.05, 3.63) is 53.6 Å². The number of aryl methyl sites for hydroxylation is 1. The van der Waals surface area contributed by atoms with E-state index in [1.807, 2.05) is 0 Å². The van der Waals surface area contributed by atoms with Gasteiger partial charge in [0.1, 0.15) is 17.3 Å². The minimum atomic E-state index is -3.89. The Morgan fingerprint density at radius 3 is 2.61 bits per heavy atom. The maximum atomic E-state index is 14.5. The molecule has 13 heteroatoms. The zero-order chi connectivity index (χ0) is 23.6. The average Bonchev–Trinajstić information content (AvgIpc) is 3.25. The number of nitrogens with zero attached hydrogens (tertiary/aromatic N) is 5. The van der Waals surface area contributed by atoms with Crippen molar-refractivity contribution >= 4 is 21.6 Å². The van der Waals surface area contributed by atoms with Gasteiger partial charge in [0, 0.05) is 18.8 Å². The van der Waals surface area contributed by atoms with Crippen LogP contribution in [0.25, 0.3) is 5.69 Å². The van der Waals surface area contributed by atoms with Crippen LogP contribution in [-0.2, 0) is 14.8 Å². The van der Waals surface area contributed by atoms with Gasteiger partial charge in [-0.2, -0.15) is 8.99 Å². The molecule has 1 fully saturated rings. The number of rotatable bonds is 6. The quantitative estimate of drug-likeness (QED) is 0.565. The van der Waals surface area contributed by atoms with Crippen LogP contribution >= 0.6 is 0 Å². The molecule has 174 valence electrons. The highest BCUT2D eigenvalue weighted by atomic mass is 32.2. The Morgan fingerprint density at radius 1 is 1.18 bits per heavy atom. The number of tetrazole rings is 1. The molecule has 2 heterocycles. The smallest absolute Gasteiger partial charge is 0.258 e. The molecule has 1 aliphatic rings. The predicted octanol–water partition coefficient (Wildman–Crippen LogP) is 1.39. The summed E-state index contributed by atoms with van der Waals surface area (Å²) in [6, 6.07) is 7.86. The van der Waals surface area contributed by atoms with Gasteiger partial charge in [0.05, 0.1) is 30.8 Å². The second-order valence-electron chi connectivity index (χ2n) is 7.14. The number of amides is 1. The molecule has 1 aliphatic heterocycles. The third kappa shape index (κ3) is 4.55. The number of methoxy groups -OCH3 is 1. The fraction of sp³-hybridized carbons (Fsp3) is 0.300. The predicted molar refractivity (Wildman–Crippen MR) is 114 cm³/mol. The summed E-state index contributed by atoms with van der Waals surface area (Å²) in [6.45, 7) is 2.61. The van der Waals surface area contributed by atoms with Crippen molar-refractivity contribution in [2.45, 2.75) is 11.8 Å². The van der Waals surface area contributed by atoms with Crippen LogP contribution in [0.1, 0.15) is 16.2 Å². The second-order valence-corrected chi connectivity index (χ2v) is 9.07. The Balaban J connectivity index is 1.63. The van der Waals surface area contributed by atoms with Gasteiger partial charge in [0.2, 0.25) is 10.0 Å². The number of carbonyl (C=O) groups is 1. The number of nitrogens with one attached hydrogen (secondary N) is 1. The maximum absolute atomic E-state index is 14.5. The lowest BCUT2D eigenvalue weighted by Gasteiger charge is -2.26. The van der Waals surface area contributed by atoms with Gasteiger partial charge >= 0.3 is 0 Å². The minimum absolute atomic E-state index is 0.171. The molecule has 0 atom stereocenters. The fourth-order valence-electron chi connectivity index (χ4n) is 3.36. The standard InChI is InChI=1S/C20H21FN6O5S/c1-13-23-24-25-27(13)18-11-14(3-6-19(18)31-2)22-20(28)16-12-15(4-5-17(16)21)33(29,30)26-7-9-32-10-8-26/h3-6,11-12H,7-10H2,1-2H3,(H,22,28). The lowest BCUT2D eigenvalue weighted by atomic mass is 10.2. The topological polar surface area (TPSA) is 129 Å². The van der Waals surface area contributed by atoms with E-state index in [2.05, 4.69) is 20.8 Å². The van der Waals surface area contributed by atoms with Crippen LogP contribution in [0.5, 0.6) is 5.75 Å². The van der Waals surface area contributed by atoms with Crippen molar-refractivity contribution in [3.8, 4) is 11.4 Å². The zero-order valence-electron chi connectivity index (χ0n) is 17.9. The van der Waals surface area contributed by atoms with Crippen LogP contribution in [0.4, 0.5) is 10.1 Å². The molecule has 4 rings (SSSR count). The number of morpholine rings is 1. The lowest BCUT2D eigenvalue weighted by Crippen LogP contribution is -2.40. The summed E-state index contributed by atoms with van der Waals surface area (Å²) in [4.78, 5) is 12.7. The second kappa shape index (κ2) is 9.21. The summed E-state index contributed by atoms with van der Waals surface area (Å²) in [7, 11) is -2.41. The number of benzene rings is 2. The molecule has 33 heavy (non-hydrogen) atoms. The van der Waals surface area contributed by atoms with Crippen molar-refractivity contribution in [1.29, 1.82) is 0 Å². The first kappa shape index (κ1) is 22.8. The van der Waals surface area contributed by atoms with Crippen LogP contribution in [0, 0.1) is 12.7 Å². The Hall–Kier alpha value is -3.42. The molecule has 0 unspecified atom stereocenters. The maximum Gasteiger partial charge on any atom is 0.258 e. The molecular formula is C20H21FN6O5S. The third-order valence-electron chi connectivity index (χ3n) is 5.08. The van der Waals surface area contributed by atoms with Gasteiger partial charge in [-0.25, -0.2) is 12.8 Å². The molecule has 1 amide bonds. The fourth-order valence-corrected chi connectivity index (χ4v) is 4.80. The van der Waals surface area contributed by atoms with E-state index >= 15 is 0 Å². The van der Waals surface area contributed by atoms with Crippen LogP contribution in [0.15, 0.2) is 41.3 Å². The van der Waals surface area contributed by atoms with Gasteiger partial charge in [-0.15, -0.1) is 5.10 Å². The van der Waals surface area contributed by atoms with Gasteiger partial charge < -0.3 is 14.8 Å². The van der Waals surface area contributed by atoms with E-state index in [0.717, 1.165) is 18.2 Å². The number of ether oxygens (including phenoxy) is 2. The first-order chi connectivity index (χ1) is 15.8. The normalized spacial score (nSPS) is 14.8. The van der Waals surface area contributed by atoms with Crippen molar-refractivity contribution < 1.29 is 27.1 Å². The highest BCUT2D eigenvalue weighted by Gasteiger charge is 2.28. The van der Waals surface area contributed by atoms with E-state index in [4.69, 9.17) is 9.47 Å². The molecule has 3 aromatic rings. The van der Waals surface area contributed by atoms with Crippen molar-refractivity contribution in [2.24, 2.45) is 0 Å². The van der Waals surface area contributed by atoms with Gasteiger partial charge in [0.25, 0.3) is 5.91 Å². The van der Waals surface area contributed by atoms with Crippen molar-refractivity contribution in [1.82, 2.24) is 24.5 Å². The van der Waals surface area contributed by atoms with Gasteiger partial charge in [0.15, 0.2) is 5.82 Å². The summed E-state index contributed by atoms with van der Waals surface area (Å²) >= 11 is 0. The summed E-state index contributed by atoms with van der Waals surface area (Å²) in [5, 5.41) is 13.9. The number of anilines is 1. The van der Waals surface area contributed by atoms with Crippen LogP contribution in [0.2, 0.25) is 0 Å². The third-order valence-corrected chi connectivity index (χ3v) is 6.98.